The maximum Gasteiger partial charge on any atom is 0.291 e. The normalized spacial score (nSPS) is 10.6. The van der Waals surface area contributed by atoms with Crippen molar-refractivity contribution in [3.8, 4) is 0 Å². The van der Waals surface area contributed by atoms with Crippen LogP contribution in [-0.2, 0) is 0 Å². The summed E-state index contributed by atoms with van der Waals surface area (Å²) in [6.45, 7) is 3.74. The highest BCUT2D eigenvalue weighted by molar-refractivity contribution is 6.03. The van der Waals surface area contributed by atoms with Gasteiger partial charge in [0.25, 0.3) is 5.91 Å². The highest BCUT2D eigenvalue weighted by atomic mass is 16.3. The third-order valence-corrected chi connectivity index (χ3v) is 3.57. The van der Waals surface area contributed by atoms with Crippen molar-refractivity contribution >= 4 is 22.6 Å². The van der Waals surface area contributed by atoms with E-state index in [-0.39, 0.29) is 11.2 Å². The van der Waals surface area contributed by atoms with E-state index in [0.29, 0.717) is 16.7 Å². The molecule has 1 aromatic heterocycles. The predicted octanol–water partition coefficient (Wildman–Crippen LogP) is 3.66. The second-order valence-electron chi connectivity index (χ2n) is 5.20. The molecule has 0 radical (unpaired) electrons. The van der Waals surface area contributed by atoms with Gasteiger partial charge in [0.2, 0.25) is 0 Å². The van der Waals surface area contributed by atoms with Crippen LogP contribution in [0.15, 0.2) is 57.7 Å². The molecule has 0 aliphatic heterocycles. The fourth-order valence-electron chi connectivity index (χ4n) is 2.33. The summed E-state index contributed by atoms with van der Waals surface area (Å²) < 4.78 is 5.64. The van der Waals surface area contributed by atoms with E-state index in [0.717, 1.165) is 11.1 Å². The molecule has 0 unspecified atom stereocenters. The first kappa shape index (κ1) is 14.1. The quantitative estimate of drug-likeness (QED) is 0.784. The standard InChI is InChI=1S/C18H15NO3/c1-11-6-3-4-9-14(11)19-18(21)16-10-15(20)13-8-5-7-12(2)17(13)22-16/h3-10H,1-2H3,(H,19,21). The summed E-state index contributed by atoms with van der Waals surface area (Å²) in [5.74, 6) is -0.424. The lowest BCUT2D eigenvalue weighted by Crippen LogP contribution is -2.15. The molecule has 1 amide bonds. The summed E-state index contributed by atoms with van der Waals surface area (Å²) in [5, 5.41) is 3.25. The van der Waals surface area contributed by atoms with E-state index in [1.54, 1.807) is 18.2 Å². The van der Waals surface area contributed by atoms with Gasteiger partial charge in [0, 0.05) is 11.8 Å². The van der Waals surface area contributed by atoms with Gasteiger partial charge in [-0.1, -0.05) is 30.3 Å². The average molecular weight is 293 g/mol. The van der Waals surface area contributed by atoms with Crippen LogP contribution < -0.4 is 10.7 Å². The Hall–Kier alpha value is -2.88. The molecule has 0 saturated carbocycles. The number of hydrogen-bond acceptors (Lipinski definition) is 3. The van der Waals surface area contributed by atoms with Crippen molar-refractivity contribution in [3.63, 3.8) is 0 Å². The van der Waals surface area contributed by atoms with Crippen LogP contribution >= 0.6 is 0 Å². The number of carbonyl (C=O) groups excluding carboxylic acids is 1. The number of hydrogen-bond donors (Lipinski definition) is 1. The van der Waals surface area contributed by atoms with Crippen molar-refractivity contribution in [3.05, 3.63) is 75.6 Å². The van der Waals surface area contributed by atoms with Crippen molar-refractivity contribution in [1.82, 2.24) is 0 Å². The van der Waals surface area contributed by atoms with Crippen molar-refractivity contribution in [2.24, 2.45) is 0 Å². The van der Waals surface area contributed by atoms with Gasteiger partial charge in [-0.2, -0.15) is 0 Å². The van der Waals surface area contributed by atoms with E-state index >= 15 is 0 Å². The molecule has 4 nitrogen and oxygen atoms in total. The van der Waals surface area contributed by atoms with Crippen molar-refractivity contribution < 1.29 is 9.21 Å². The van der Waals surface area contributed by atoms with Crippen LogP contribution in [0.25, 0.3) is 11.0 Å². The van der Waals surface area contributed by atoms with Crippen LogP contribution in [0.2, 0.25) is 0 Å². The number of nitrogens with one attached hydrogen (secondary N) is 1. The summed E-state index contributed by atoms with van der Waals surface area (Å²) in [4.78, 5) is 24.5. The van der Waals surface area contributed by atoms with Crippen LogP contribution in [0.4, 0.5) is 5.69 Å². The van der Waals surface area contributed by atoms with E-state index in [9.17, 15) is 9.59 Å². The number of anilines is 1. The molecule has 0 aliphatic carbocycles. The van der Waals surface area contributed by atoms with E-state index in [2.05, 4.69) is 5.32 Å². The van der Waals surface area contributed by atoms with Crippen LogP contribution in [0.1, 0.15) is 21.7 Å². The molecule has 4 heteroatoms. The Bertz CT molecular complexity index is 925. The number of carbonyl (C=O) groups is 1. The molecule has 3 rings (SSSR count). The molecule has 0 saturated heterocycles. The van der Waals surface area contributed by atoms with Gasteiger partial charge in [-0.3, -0.25) is 9.59 Å². The fraction of sp³-hybridized carbons (Fsp3) is 0.111. The van der Waals surface area contributed by atoms with Gasteiger partial charge >= 0.3 is 0 Å². The zero-order chi connectivity index (χ0) is 15.7. The van der Waals surface area contributed by atoms with Gasteiger partial charge in [0.05, 0.1) is 5.39 Å². The van der Waals surface area contributed by atoms with Crippen molar-refractivity contribution in [2.75, 3.05) is 5.32 Å². The third kappa shape index (κ3) is 2.51. The van der Waals surface area contributed by atoms with Gasteiger partial charge in [-0.15, -0.1) is 0 Å². The number of fused-ring (bicyclic) bond motifs is 1. The zero-order valence-corrected chi connectivity index (χ0v) is 12.3. The minimum absolute atomic E-state index is 0.00931. The lowest BCUT2D eigenvalue weighted by Gasteiger charge is -2.08. The van der Waals surface area contributed by atoms with Crippen LogP contribution in [0.3, 0.4) is 0 Å². The minimum Gasteiger partial charge on any atom is -0.450 e. The molecule has 2 aromatic carbocycles. The lowest BCUT2D eigenvalue weighted by atomic mass is 10.1. The number of amides is 1. The molecule has 0 fully saturated rings. The number of benzene rings is 2. The Kier molecular flexibility index (Phi) is 3.51. The molecule has 22 heavy (non-hydrogen) atoms. The third-order valence-electron chi connectivity index (χ3n) is 3.57. The predicted molar refractivity (Wildman–Crippen MR) is 86.4 cm³/mol. The maximum atomic E-state index is 12.3. The van der Waals surface area contributed by atoms with Crippen LogP contribution in [-0.4, -0.2) is 5.91 Å². The molecular formula is C18H15NO3. The Morgan fingerprint density at radius 1 is 1.00 bits per heavy atom. The molecular weight excluding hydrogens is 278 g/mol. The van der Waals surface area contributed by atoms with Crippen LogP contribution in [0.5, 0.6) is 0 Å². The second-order valence-corrected chi connectivity index (χ2v) is 5.20. The summed E-state index contributed by atoms with van der Waals surface area (Å²) in [7, 11) is 0. The fourth-order valence-corrected chi connectivity index (χ4v) is 2.33. The van der Waals surface area contributed by atoms with Gasteiger partial charge < -0.3 is 9.73 Å². The first-order chi connectivity index (χ1) is 10.6. The number of para-hydroxylation sites is 2. The van der Waals surface area contributed by atoms with E-state index in [1.807, 2.05) is 38.1 Å². The van der Waals surface area contributed by atoms with Gasteiger partial charge in [-0.05, 0) is 37.1 Å². The second kappa shape index (κ2) is 5.48. The largest absolute Gasteiger partial charge is 0.450 e. The zero-order valence-electron chi connectivity index (χ0n) is 12.3. The van der Waals surface area contributed by atoms with Crippen LogP contribution in [0, 0.1) is 13.8 Å². The summed E-state index contributed by atoms with van der Waals surface area (Å²) in [6, 6.07) is 14.0. The smallest absolute Gasteiger partial charge is 0.291 e. The van der Waals surface area contributed by atoms with Crippen molar-refractivity contribution in [2.45, 2.75) is 13.8 Å². The number of aryl methyl sites for hydroxylation is 2. The minimum atomic E-state index is -0.434. The Labute approximate surface area is 127 Å². The molecule has 0 aliphatic rings. The van der Waals surface area contributed by atoms with Gasteiger partial charge in [0.15, 0.2) is 11.2 Å². The van der Waals surface area contributed by atoms with E-state index < -0.39 is 5.91 Å². The summed E-state index contributed by atoms with van der Waals surface area (Å²) >= 11 is 0. The maximum absolute atomic E-state index is 12.3. The SMILES string of the molecule is Cc1ccccc1NC(=O)c1cc(=O)c2cccc(C)c2o1. The van der Waals surface area contributed by atoms with E-state index in [4.69, 9.17) is 4.42 Å². The Balaban J connectivity index is 2.03. The highest BCUT2D eigenvalue weighted by Gasteiger charge is 2.14. The van der Waals surface area contributed by atoms with Crippen molar-refractivity contribution in [1.29, 1.82) is 0 Å². The highest BCUT2D eigenvalue weighted by Crippen LogP contribution is 2.18. The average Bonchev–Trinajstić information content (AvgIpc) is 2.50. The molecule has 0 atom stereocenters. The Morgan fingerprint density at radius 3 is 2.50 bits per heavy atom. The summed E-state index contributed by atoms with van der Waals surface area (Å²) in [6.07, 6.45) is 0. The monoisotopic (exact) mass is 293 g/mol. The topological polar surface area (TPSA) is 59.3 Å². The van der Waals surface area contributed by atoms with E-state index in [1.165, 1.54) is 6.07 Å². The molecule has 0 bridgehead atoms. The summed E-state index contributed by atoms with van der Waals surface area (Å²) in [5.41, 5.74) is 2.68. The lowest BCUT2D eigenvalue weighted by molar-refractivity contribution is 0.0997. The molecule has 110 valence electrons. The molecule has 3 aromatic rings. The van der Waals surface area contributed by atoms with Gasteiger partial charge in [-0.25, -0.2) is 0 Å². The first-order valence-corrected chi connectivity index (χ1v) is 6.97. The van der Waals surface area contributed by atoms with Gasteiger partial charge in [0.1, 0.15) is 5.58 Å². The first-order valence-electron chi connectivity index (χ1n) is 6.97. The molecule has 0 spiro atoms. The molecule has 1 N–H and O–H groups in total. The Morgan fingerprint density at radius 2 is 1.73 bits per heavy atom. The number of rotatable bonds is 2. The molecule has 1 heterocycles.